The molecule has 1 aliphatic heterocycles. The minimum Gasteiger partial charge on any atom is -0.345 e. The molecular formula is C16H31N2O+. The van der Waals surface area contributed by atoms with E-state index in [0.29, 0.717) is 4.48 Å². The van der Waals surface area contributed by atoms with Crippen LogP contribution in [0.25, 0.3) is 0 Å². The molecule has 2 atom stereocenters. The van der Waals surface area contributed by atoms with Crippen molar-refractivity contribution in [3.05, 3.63) is 12.2 Å². The van der Waals surface area contributed by atoms with E-state index in [4.69, 9.17) is 0 Å². The number of hydrogen-bond acceptors (Lipinski definition) is 2. The molecule has 19 heavy (non-hydrogen) atoms. The van der Waals surface area contributed by atoms with E-state index < -0.39 is 0 Å². The average molecular weight is 267 g/mol. The Kier molecular flexibility index (Phi) is 7.32. The van der Waals surface area contributed by atoms with Gasteiger partial charge in [0.2, 0.25) is 5.84 Å². The summed E-state index contributed by atoms with van der Waals surface area (Å²) in [7, 11) is 0. The fraction of sp³-hybridized carbons (Fsp3) is 0.812. The molecule has 0 aromatic rings. The molecule has 3 nitrogen and oxygen atoms in total. The van der Waals surface area contributed by atoms with Crippen LogP contribution in [0.1, 0.15) is 59.3 Å². The Morgan fingerprint density at radius 3 is 2.63 bits per heavy atom. The molecule has 0 aliphatic carbocycles. The highest BCUT2D eigenvalue weighted by Gasteiger charge is 2.39. The van der Waals surface area contributed by atoms with Crippen molar-refractivity contribution in [2.45, 2.75) is 65.5 Å². The number of aliphatic imine (C=N–C) groups is 1. The van der Waals surface area contributed by atoms with Crippen LogP contribution < -0.4 is 0 Å². The summed E-state index contributed by atoms with van der Waals surface area (Å²) in [4.78, 5) is 4.62. The molecule has 1 heterocycles. The maximum absolute atomic E-state index is 10.0. The Balaban J connectivity index is 2.36. The number of nitrogens with zero attached hydrogens (tertiary/aromatic N) is 2. The smallest absolute Gasteiger partial charge is 0.200 e. The number of rotatable bonds is 9. The van der Waals surface area contributed by atoms with Crippen LogP contribution in [0, 0.1) is 0 Å². The van der Waals surface area contributed by atoms with Gasteiger partial charge < -0.3 is 5.11 Å². The Labute approximate surface area is 118 Å². The zero-order chi connectivity index (χ0) is 14.1. The first kappa shape index (κ1) is 16.4. The van der Waals surface area contributed by atoms with E-state index in [2.05, 4.69) is 31.0 Å². The van der Waals surface area contributed by atoms with Crippen molar-refractivity contribution in [1.82, 2.24) is 0 Å². The van der Waals surface area contributed by atoms with Gasteiger partial charge in [-0.15, -0.1) is 0 Å². The SMILES string of the molecule is CCCCC/C=C/CCC1=NCC[N+]1(CC)C(C)O. The predicted molar refractivity (Wildman–Crippen MR) is 82.2 cm³/mol. The molecule has 0 bridgehead atoms. The van der Waals surface area contributed by atoms with Crippen LogP contribution in [0.15, 0.2) is 17.1 Å². The second-order valence-electron chi connectivity index (χ2n) is 5.51. The van der Waals surface area contributed by atoms with Gasteiger partial charge in [-0.3, -0.25) is 4.48 Å². The molecule has 2 unspecified atom stereocenters. The highest BCUT2D eigenvalue weighted by Crippen LogP contribution is 2.22. The largest absolute Gasteiger partial charge is 0.345 e. The quantitative estimate of drug-likeness (QED) is 0.387. The second-order valence-corrected chi connectivity index (χ2v) is 5.51. The molecule has 0 radical (unpaired) electrons. The van der Waals surface area contributed by atoms with Crippen molar-refractivity contribution in [3.63, 3.8) is 0 Å². The number of amidine groups is 1. The van der Waals surface area contributed by atoms with Crippen molar-refractivity contribution in [2.24, 2.45) is 4.99 Å². The summed E-state index contributed by atoms with van der Waals surface area (Å²) in [6.07, 6.45) is 11.4. The monoisotopic (exact) mass is 267 g/mol. The van der Waals surface area contributed by atoms with Gasteiger partial charge in [0.15, 0.2) is 6.23 Å². The lowest BCUT2D eigenvalue weighted by molar-refractivity contribution is -0.882. The number of aliphatic hydroxyl groups excluding tert-OH is 1. The topological polar surface area (TPSA) is 32.6 Å². The third kappa shape index (κ3) is 4.43. The number of allylic oxidation sites excluding steroid dienone is 2. The van der Waals surface area contributed by atoms with E-state index in [1.54, 1.807) is 0 Å². The van der Waals surface area contributed by atoms with E-state index in [1.165, 1.54) is 31.5 Å². The predicted octanol–water partition coefficient (Wildman–Crippen LogP) is 3.49. The van der Waals surface area contributed by atoms with Crippen molar-refractivity contribution in [2.75, 3.05) is 19.6 Å². The molecule has 1 N–H and O–H groups in total. The maximum Gasteiger partial charge on any atom is 0.200 e. The fourth-order valence-electron chi connectivity index (χ4n) is 2.90. The highest BCUT2D eigenvalue weighted by molar-refractivity contribution is 5.77. The zero-order valence-corrected chi connectivity index (χ0v) is 12.9. The van der Waals surface area contributed by atoms with Crippen molar-refractivity contribution >= 4 is 5.84 Å². The number of unbranched alkanes of at least 4 members (excludes halogenated alkanes) is 3. The number of aliphatic hydroxyl groups is 1. The third-order valence-corrected chi connectivity index (χ3v) is 4.26. The minimum absolute atomic E-state index is 0.334. The maximum atomic E-state index is 10.0. The van der Waals surface area contributed by atoms with Crippen LogP contribution in [0.2, 0.25) is 0 Å². The summed E-state index contributed by atoms with van der Waals surface area (Å²) >= 11 is 0. The van der Waals surface area contributed by atoms with Crippen molar-refractivity contribution in [3.8, 4) is 0 Å². The first-order chi connectivity index (χ1) is 9.17. The first-order valence-corrected chi connectivity index (χ1v) is 7.91. The van der Waals surface area contributed by atoms with E-state index in [1.807, 2.05) is 6.92 Å². The van der Waals surface area contributed by atoms with Crippen LogP contribution in [0.3, 0.4) is 0 Å². The second kappa shape index (κ2) is 8.49. The molecule has 0 aromatic carbocycles. The molecule has 0 amide bonds. The van der Waals surface area contributed by atoms with E-state index in [0.717, 1.165) is 32.5 Å². The van der Waals surface area contributed by atoms with Gasteiger partial charge >= 0.3 is 0 Å². The normalized spacial score (nSPS) is 24.9. The van der Waals surface area contributed by atoms with Gasteiger partial charge in [-0.1, -0.05) is 31.9 Å². The van der Waals surface area contributed by atoms with E-state index in [-0.39, 0.29) is 6.23 Å². The standard InChI is InChI=1S/C16H31N2O/c1-4-6-7-8-9-10-11-12-16-17-13-14-18(16,5-2)15(3)19/h9-10,15,19H,4-8,11-14H2,1-3H3/q+1/b10-9+. The summed E-state index contributed by atoms with van der Waals surface area (Å²) in [5.74, 6) is 1.19. The van der Waals surface area contributed by atoms with Gasteiger partial charge in [-0.2, -0.15) is 0 Å². The first-order valence-electron chi connectivity index (χ1n) is 7.91. The summed E-state index contributed by atoms with van der Waals surface area (Å²) in [5, 5.41) is 10.0. The molecule has 0 fully saturated rings. The summed E-state index contributed by atoms with van der Waals surface area (Å²) in [6, 6.07) is 0. The van der Waals surface area contributed by atoms with Gasteiger partial charge in [-0.25, -0.2) is 4.99 Å². The summed E-state index contributed by atoms with van der Waals surface area (Å²) in [5.41, 5.74) is 0. The lowest BCUT2D eigenvalue weighted by atomic mass is 10.1. The van der Waals surface area contributed by atoms with Gasteiger partial charge in [-0.05, 0) is 26.2 Å². The third-order valence-electron chi connectivity index (χ3n) is 4.26. The molecule has 1 rings (SSSR count). The molecule has 0 spiro atoms. The van der Waals surface area contributed by atoms with Crippen LogP contribution >= 0.6 is 0 Å². The summed E-state index contributed by atoms with van der Waals surface area (Å²) < 4.78 is 0.684. The molecule has 0 aromatic heterocycles. The Morgan fingerprint density at radius 1 is 1.26 bits per heavy atom. The van der Waals surface area contributed by atoms with E-state index in [9.17, 15) is 5.11 Å². The Hall–Kier alpha value is -0.670. The van der Waals surface area contributed by atoms with Gasteiger partial charge in [0, 0.05) is 13.3 Å². The fourth-order valence-corrected chi connectivity index (χ4v) is 2.90. The number of hydrogen-bond donors (Lipinski definition) is 1. The molecule has 0 saturated heterocycles. The Morgan fingerprint density at radius 2 is 2.00 bits per heavy atom. The lowest BCUT2D eigenvalue weighted by Crippen LogP contribution is -2.56. The van der Waals surface area contributed by atoms with Gasteiger partial charge in [0.25, 0.3) is 0 Å². The van der Waals surface area contributed by atoms with Crippen LogP contribution in [0.5, 0.6) is 0 Å². The molecule has 3 heteroatoms. The number of likely N-dealkylation sites (N-methyl/N-ethyl adjacent to an activating group) is 1. The Bertz CT molecular complexity index is 310. The van der Waals surface area contributed by atoms with Crippen molar-refractivity contribution in [1.29, 1.82) is 0 Å². The minimum atomic E-state index is -0.334. The van der Waals surface area contributed by atoms with Crippen LogP contribution in [0.4, 0.5) is 0 Å². The number of quaternary nitrogens is 1. The van der Waals surface area contributed by atoms with Crippen LogP contribution in [-0.4, -0.2) is 41.3 Å². The lowest BCUT2D eigenvalue weighted by Gasteiger charge is -2.36. The molecular weight excluding hydrogens is 236 g/mol. The van der Waals surface area contributed by atoms with Crippen molar-refractivity contribution < 1.29 is 9.59 Å². The van der Waals surface area contributed by atoms with Gasteiger partial charge in [0.1, 0.15) is 6.54 Å². The molecule has 110 valence electrons. The van der Waals surface area contributed by atoms with E-state index >= 15 is 0 Å². The molecule has 1 aliphatic rings. The van der Waals surface area contributed by atoms with Gasteiger partial charge in [0.05, 0.1) is 13.1 Å². The zero-order valence-electron chi connectivity index (χ0n) is 12.9. The van der Waals surface area contributed by atoms with Crippen LogP contribution in [-0.2, 0) is 0 Å². The molecule has 0 saturated carbocycles. The highest BCUT2D eigenvalue weighted by atomic mass is 16.3. The average Bonchev–Trinajstić information content (AvgIpc) is 2.82. The summed E-state index contributed by atoms with van der Waals surface area (Å²) in [6.45, 7) is 9.05.